The lowest BCUT2D eigenvalue weighted by molar-refractivity contribution is -0.383. The monoisotopic (exact) mass is 322 g/mol. The highest BCUT2D eigenvalue weighted by Gasteiger charge is 2.11. The van der Waals surface area contributed by atoms with Gasteiger partial charge >= 0.3 is 0 Å². The molecule has 0 atom stereocenters. The van der Waals surface area contributed by atoms with Gasteiger partial charge < -0.3 is 10.5 Å². The maximum Gasteiger partial charge on any atom is 0.292 e. The Morgan fingerprint density at radius 2 is 1.89 bits per heavy atom. The number of ether oxygens (including phenoxy) is 1. The zero-order chi connectivity index (χ0) is 13.8. The van der Waals surface area contributed by atoms with Gasteiger partial charge in [-0.3, -0.25) is 10.1 Å². The van der Waals surface area contributed by atoms with E-state index < -0.39 is 4.92 Å². The van der Waals surface area contributed by atoms with Crippen LogP contribution in [0.1, 0.15) is 5.56 Å². The molecule has 2 rings (SSSR count). The lowest BCUT2D eigenvalue weighted by Gasteiger charge is -2.07. The van der Waals surface area contributed by atoms with Crippen LogP contribution in [-0.2, 0) is 6.61 Å². The molecule has 0 bridgehead atoms. The molecule has 0 saturated heterocycles. The third-order valence-electron chi connectivity index (χ3n) is 2.51. The molecular weight excluding hydrogens is 312 g/mol. The molecule has 0 aliphatic carbocycles. The summed E-state index contributed by atoms with van der Waals surface area (Å²) in [5, 5.41) is 10.6. The Morgan fingerprint density at radius 1 is 1.21 bits per heavy atom. The number of halogens is 1. The first-order valence-corrected chi connectivity index (χ1v) is 6.27. The molecule has 0 aromatic heterocycles. The maximum atomic E-state index is 10.6. The number of nitrogen functional groups attached to an aromatic ring is 1. The van der Waals surface area contributed by atoms with Crippen molar-refractivity contribution in [1.82, 2.24) is 0 Å². The number of anilines is 1. The number of hydrogen-bond donors (Lipinski definition) is 1. The van der Waals surface area contributed by atoms with Crippen LogP contribution in [0.25, 0.3) is 0 Å². The summed E-state index contributed by atoms with van der Waals surface area (Å²) in [7, 11) is 0. The molecule has 0 aliphatic heterocycles. The number of nitro groups is 1. The summed E-state index contributed by atoms with van der Waals surface area (Å²) < 4.78 is 6.53. The molecule has 19 heavy (non-hydrogen) atoms. The van der Waals surface area contributed by atoms with Gasteiger partial charge in [0.05, 0.1) is 4.92 Å². The zero-order valence-electron chi connectivity index (χ0n) is 9.88. The van der Waals surface area contributed by atoms with E-state index in [1.165, 1.54) is 6.07 Å². The first kappa shape index (κ1) is 13.4. The van der Waals surface area contributed by atoms with Crippen LogP contribution in [0.4, 0.5) is 11.4 Å². The minimum absolute atomic E-state index is 0.0904. The Hall–Kier alpha value is -2.08. The van der Waals surface area contributed by atoms with E-state index in [0.29, 0.717) is 6.61 Å². The van der Waals surface area contributed by atoms with Gasteiger partial charge in [0.2, 0.25) is 0 Å². The molecule has 0 radical (unpaired) electrons. The fourth-order valence-corrected chi connectivity index (χ4v) is 1.82. The van der Waals surface area contributed by atoms with Crippen LogP contribution < -0.4 is 10.5 Å². The summed E-state index contributed by atoms with van der Waals surface area (Å²) in [4.78, 5) is 10.1. The van der Waals surface area contributed by atoms with Crippen molar-refractivity contribution in [2.24, 2.45) is 0 Å². The molecule has 5 nitrogen and oxygen atoms in total. The van der Waals surface area contributed by atoms with Gasteiger partial charge in [-0.1, -0.05) is 15.9 Å². The molecule has 0 unspecified atom stereocenters. The van der Waals surface area contributed by atoms with E-state index >= 15 is 0 Å². The molecule has 0 fully saturated rings. The largest absolute Gasteiger partial charge is 0.489 e. The van der Waals surface area contributed by atoms with Crippen LogP contribution in [0.5, 0.6) is 5.75 Å². The van der Waals surface area contributed by atoms with Crippen LogP contribution in [0, 0.1) is 10.1 Å². The molecule has 98 valence electrons. The van der Waals surface area contributed by atoms with Crippen molar-refractivity contribution in [3.05, 3.63) is 62.6 Å². The Balaban J connectivity index is 2.06. The quantitative estimate of drug-likeness (QED) is 0.530. The van der Waals surface area contributed by atoms with Crippen molar-refractivity contribution in [3.63, 3.8) is 0 Å². The minimum atomic E-state index is -0.505. The Bertz CT molecular complexity index is 599. The molecule has 2 aromatic rings. The molecule has 0 heterocycles. The van der Waals surface area contributed by atoms with Crippen LogP contribution in [-0.4, -0.2) is 4.92 Å². The topological polar surface area (TPSA) is 78.4 Å². The SMILES string of the molecule is Nc1cc(COc2ccc(Br)cc2)ccc1[N+](=O)[O-]. The smallest absolute Gasteiger partial charge is 0.292 e. The van der Waals surface area contributed by atoms with E-state index in [1.54, 1.807) is 12.1 Å². The Morgan fingerprint density at radius 3 is 2.47 bits per heavy atom. The van der Waals surface area contributed by atoms with Gasteiger partial charge in [-0.15, -0.1) is 0 Å². The molecule has 0 saturated carbocycles. The highest BCUT2D eigenvalue weighted by atomic mass is 79.9. The number of benzene rings is 2. The van der Waals surface area contributed by atoms with Gasteiger partial charge in [-0.05, 0) is 42.0 Å². The Kier molecular flexibility index (Phi) is 4.01. The van der Waals surface area contributed by atoms with Crippen LogP contribution in [0.15, 0.2) is 46.9 Å². The van der Waals surface area contributed by atoms with E-state index in [1.807, 2.05) is 24.3 Å². The Labute approximate surface area is 118 Å². The predicted octanol–water partition coefficient (Wildman–Crippen LogP) is 3.52. The molecule has 2 aromatic carbocycles. The van der Waals surface area contributed by atoms with Crippen molar-refractivity contribution < 1.29 is 9.66 Å². The van der Waals surface area contributed by atoms with Crippen molar-refractivity contribution in [2.45, 2.75) is 6.61 Å². The van der Waals surface area contributed by atoms with Gasteiger partial charge in [-0.25, -0.2) is 0 Å². The fourth-order valence-electron chi connectivity index (χ4n) is 1.56. The number of hydrogen-bond acceptors (Lipinski definition) is 4. The molecule has 2 N–H and O–H groups in total. The van der Waals surface area contributed by atoms with Gasteiger partial charge in [0.15, 0.2) is 0 Å². The first-order valence-electron chi connectivity index (χ1n) is 5.47. The summed E-state index contributed by atoms with van der Waals surface area (Å²) in [6.45, 7) is 0.309. The molecule has 6 heteroatoms. The third kappa shape index (κ3) is 3.45. The van der Waals surface area contributed by atoms with E-state index in [2.05, 4.69) is 15.9 Å². The normalized spacial score (nSPS) is 10.2. The number of nitrogens with two attached hydrogens (primary N) is 1. The second kappa shape index (κ2) is 5.71. The van der Waals surface area contributed by atoms with Crippen molar-refractivity contribution in [1.29, 1.82) is 0 Å². The van der Waals surface area contributed by atoms with Crippen molar-refractivity contribution in [3.8, 4) is 5.75 Å². The van der Waals surface area contributed by atoms with Gasteiger partial charge in [0, 0.05) is 10.5 Å². The average molecular weight is 323 g/mol. The second-order valence-corrected chi connectivity index (χ2v) is 4.81. The zero-order valence-corrected chi connectivity index (χ0v) is 11.5. The second-order valence-electron chi connectivity index (χ2n) is 3.89. The third-order valence-corrected chi connectivity index (χ3v) is 3.04. The first-order chi connectivity index (χ1) is 9.06. The lowest BCUT2D eigenvalue weighted by atomic mass is 10.2. The number of nitro benzene ring substituents is 1. The van der Waals surface area contributed by atoms with E-state index in [0.717, 1.165) is 15.8 Å². The van der Waals surface area contributed by atoms with Gasteiger partial charge in [0.1, 0.15) is 18.0 Å². The number of nitrogens with zero attached hydrogens (tertiary/aromatic N) is 1. The molecular formula is C13H11BrN2O3. The maximum absolute atomic E-state index is 10.6. The van der Waals surface area contributed by atoms with Crippen LogP contribution in [0.3, 0.4) is 0 Å². The summed E-state index contributed by atoms with van der Waals surface area (Å²) in [6, 6.07) is 12.0. The van der Waals surface area contributed by atoms with Crippen LogP contribution >= 0.6 is 15.9 Å². The van der Waals surface area contributed by atoms with Gasteiger partial charge in [-0.2, -0.15) is 0 Å². The standard InChI is InChI=1S/C13H11BrN2O3/c14-10-2-4-11(5-3-10)19-8-9-1-6-13(16(17)18)12(15)7-9/h1-7H,8,15H2. The molecule has 0 aliphatic rings. The summed E-state index contributed by atoms with van der Waals surface area (Å²) in [5.41, 5.74) is 6.44. The van der Waals surface area contributed by atoms with E-state index in [9.17, 15) is 10.1 Å². The van der Waals surface area contributed by atoms with Crippen molar-refractivity contribution in [2.75, 3.05) is 5.73 Å². The van der Waals surface area contributed by atoms with E-state index in [4.69, 9.17) is 10.5 Å². The minimum Gasteiger partial charge on any atom is -0.489 e. The lowest BCUT2D eigenvalue weighted by Crippen LogP contribution is -1.99. The summed E-state index contributed by atoms with van der Waals surface area (Å²) >= 11 is 3.34. The predicted molar refractivity (Wildman–Crippen MR) is 76.0 cm³/mol. The van der Waals surface area contributed by atoms with Crippen molar-refractivity contribution >= 4 is 27.3 Å². The summed E-state index contributed by atoms with van der Waals surface area (Å²) in [6.07, 6.45) is 0. The highest BCUT2D eigenvalue weighted by Crippen LogP contribution is 2.23. The number of rotatable bonds is 4. The average Bonchev–Trinajstić information content (AvgIpc) is 2.37. The van der Waals surface area contributed by atoms with E-state index in [-0.39, 0.29) is 11.4 Å². The summed E-state index contributed by atoms with van der Waals surface area (Å²) in [5.74, 6) is 0.722. The van der Waals surface area contributed by atoms with Crippen LogP contribution in [0.2, 0.25) is 0 Å². The van der Waals surface area contributed by atoms with Gasteiger partial charge in [0.25, 0.3) is 5.69 Å². The molecule has 0 amide bonds. The highest BCUT2D eigenvalue weighted by molar-refractivity contribution is 9.10. The fraction of sp³-hybridized carbons (Fsp3) is 0.0769. The molecule has 0 spiro atoms.